The molecular weight excluding hydrogens is 194 g/mol. The predicted octanol–water partition coefficient (Wildman–Crippen LogP) is 0.180. The maximum Gasteiger partial charge on any atom is 0.319 e. The van der Waals surface area contributed by atoms with E-state index in [9.17, 15) is 4.79 Å². The summed E-state index contributed by atoms with van der Waals surface area (Å²) in [6.07, 6.45) is 0. The monoisotopic (exact) mass is 209 g/mol. The van der Waals surface area contributed by atoms with Crippen LogP contribution in [0.2, 0.25) is 0 Å². The van der Waals surface area contributed by atoms with E-state index in [4.69, 9.17) is 0 Å². The first-order valence-electron chi connectivity index (χ1n) is 5.01. The number of hydrogen-bond acceptors (Lipinski definition) is 4. The van der Waals surface area contributed by atoms with E-state index in [1.165, 1.54) is 12.8 Å². The molecule has 15 heavy (non-hydrogen) atoms. The molecule has 0 saturated heterocycles. The number of aromatic nitrogens is 2. The van der Waals surface area contributed by atoms with Gasteiger partial charge in [-0.2, -0.15) is 5.10 Å². The summed E-state index contributed by atoms with van der Waals surface area (Å²) in [4.78, 5) is 13.2. The minimum Gasteiger partial charge on any atom is -0.468 e. The highest BCUT2D eigenvalue weighted by Crippen LogP contribution is 2.12. The second-order valence-corrected chi connectivity index (χ2v) is 3.79. The standard InChI is InChI=1S/C10H15N3O2/c1-8-5-9-6-12(7-10(14)15-2)3-4-13(9)11-8/h5H,3-4,6-7H2,1-2H3. The van der Waals surface area contributed by atoms with E-state index >= 15 is 0 Å². The van der Waals surface area contributed by atoms with Crippen molar-refractivity contribution in [1.29, 1.82) is 0 Å². The molecule has 82 valence electrons. The third-order valence-electron chi connectivity index (χ3n) is 2.58. The Bertz CT molecular complexity index is 373. The summed E-state index contributed by atoms with van der Waals surface area (Å²) in [6, 6.07) is 2.06. The van der Waals surface area contributed by atoms with Gasteiger partial charge in [0.25, 0.3) is 0 Å². The number of fused-ring (bicyclic) bond motifs is 1. The Morgan fingerprint density at radius 1 is 1.60 bits per heavy atom. The zero-order valence-electron chi connectivity index (χ0n) is 9.06. The molecule has 5 heteroatoms. The average molecular weight is 209 g/mol. The Morgan fingerprint density at radius 2 is 2.40 bits per heavy atom. The first kappa shape index (κ1) is 10.2. The predicted molar refractivity (Wildman–Crippen MR) is 54.3 cm³/mol. The van der Waals surface area contributed by atoms with E-state index in [0.29, 0.717) is 6.54 Å². The van der Waals surface area contributed by atoms with E-state index < -0.39 is 0 Å². The molecule has 0 spiro atoms. The number of nitrogens with zero attached hydrogens (tertiary/aromatic N) is 3. The van der Waals surface area contributed by atoms with Gasteiger partial charge < -0.3 is 4.74 Å². The van der Waals surface area contributed by atoms with Crippen molar-refractivity contribution >= 4 is 5.97 Å². The van der Waals surface area contributed by atoms with Crippen molar-refractivity contribution < 1.29 is 9.53 Å². The van der Waals surface area contributed by atoms with Crippen LogP contribution >= 0.6 is 0 Å². The first-order chi connectivity index (χ1) is 7.19. The van der Waals surface area contributed by atoms with E-state index in [0.717, 1.165) is 25.3 Å². The molecule has 0 aromatic carbocycles. The summed E-state index contributed by atoms with van der Waals surface area (Å²) >= 11 is 0. The molecule has 1 aliphatic rings. The number of esters is 1. The van der Waals surface area contributed by atoms with Gasteiger partial charge in [0.05, 0.1) is 31.6 Å². The van der Waals surface area contributed by atoms with Crippen LogP contribution in [-0.4, -0.2) is 40.8 Å². The maximum atomic E-state index is 11.1. The summed E-state index contributed by atoms with van der Waals surface area (Å²) in [5.74, 6) is -0.181. The van der Waals surface area contributed by atoms with Crippen LogP contribution in [0.15, 0.2) is 6.07 Å². The molecule has 0 radical (unpaired) electrons. The van der Waals surface area contributed by atoms with E-state index in [2.05, 4.69) is 20.8 Å². The molecule has 2 heterocycles. The molecule has 1 aliphatic heterocycles. The molecule has 5 nitrogen and oxygen atoms in total. The van der Waals surface area contributed by atoms with Crippen molar-refractivity contribution in [1.82, 2.24) is 14.7 Å². The second-order valence-electron chi connectivity index (χ2n) is 3.79. The van der Waals surface area contributed by atoms with Crippen LogP contribution in [0.5, 0.6) is 0 Å². The molecule has 0 amide bonds. The molecular formula is C10H15N3O2. The summed E-state index contributed by atoms with van der Waals surface area (Å²) in [5, 5.41) is 4.36. The van der Waals surface area contributed by atoms with Gasteiger partial charge in [0, 0.05) is 13.1 Å². The molecule has 0 saturated carbocycles. The molecule has 0 atom stereocenters. The number of carbonyl (C=O) groups is 1. The van der Waals surface area contributed by atoms with Gasteiger partial charge >= 0.3 is 5.97 Å². The summed E-state index contributed by atoms with van der Waals surface area (Å²) in [7, 11) is 1.42. The zero-order chi connectivity index (χ0) is 10.8. The molecule has 1 aromatic heterocycles. The number of methoxy groups -OCH3 is 1. The van der Waals surface area contributed by atoms with Crippen LogP contribution in [0.1, 0.15) is 11.4 Å². The molecule has 0 N–H and O–H groups in total. The molecule has 0 bridgehead atoms. The molecule has 0 aliphatic carbocycles. The molecule has 1 aromatic rings. The number of aryl methyl sites for hydroxylation is 1. The fraction of sp³-hybridized carbons (Fsp3) is 0.600. The number of hydrogen-bond donors (Lipinski definition) is 0. The quantitative estimate of drug-likeness (QED) is 0.652. The number of ether oxygens (including phenoxy) is 1. The third-order valence-corrected chi connectivity index (χ3v) is 2.58. The molecule has 0 unspecified atom stereocenters. The average Bonchev–Trinajstić information content (AvgIpc) is 2.57. The lowest BCUT2D eigenvalue weighted by Crippen LogP contribution is -2.37. The third kappa shape index (κ3) is 2.18. The van der Waals surface area contributed by atoms with Crippen molar-refractivity contribution in [3.8, 4) is 0 Å². The van der Waals surface area contributed by atoms with Crippen molar-refractivity contribution in [2.75, 3.05) is 20.2 Å². The number of rotatable bonds is 2. The van der Waals surface area contributed by atoms with Crippen LogP contribution in [0.3, 0.4) is 0 Å². The summed E-state index contributed by atoms with van der Waals surface area (Å²) < 4.78 is 6.65. The fourth-order valence-electron chi connectivity index (χ4n) is 1.85. The van der Waals surface area contributed by atoms with Crippen LogP contribution in [-0.2, 0) is 22.6 Å². The lowest BCUT2D eigenvalue weighted by Gasteiger charge is -2.26. The van der Waals surface area contributed by atoms with Crippen molar-refractivity contribution in [3.05, 3.63) is 17.5 Å². The lowest BCUT2D eigenvalue weighted by atomic mass is 10.3. The van der Waals surface area contributed by atoms with Crippen molar-refractivity contribution in [2.45, 2.75) is 20.0 Å². The normalized spacial score (nSPS) is 16.1. The van der Waals surface area contributed by atoms with Gasteiger partial charge in [-0.15, -0.1) is 0 Å². The van der Waals surface area contributed by atoms with Crippen LogP contribution < -0.4 is 0 Å². The lowest BCUT2D eigenvalue weighted by molar-refractivity contribution is -0.142. The first-order valence-corrected chi connectivity index (χ1v) is 5.01. The smallest absolute Gasteiger partial charge is 0.319 e. The topological polar surface area (TPSA) is 47.4 Å². The van der Waals surface area contributed by atoms with Crippen LogP contribution in [0, 0.1) is 6.92 Å². The van der Waals surface area contributed by atoms with Crippen LogP contribution in [0.25, 0.3) is 0 Å². The van der Waals surface area contributed by atoms with Gasteiger partial charge in [0.1, 0.15) is 0 Å². The Balaban J connectivity index is 2.02. The minimum absolute atomic E-state index is 0.181. The zero-order valence-corrected chi connectivity index (χ0v) is 9.06. The SMILES string of the molecule is COC(=O)CN1CCn2nc(C)cc2C1. The van der Waals surface area contributed by atoms with Gasteiger partial charge in [-0.05, 0) is 13.0 Å². The number of carbonyl (C=O) groups excluding carboxylic acids is 1. The van der Waals surface area contributed by atoms with Gasteiger partial charge in [0.15, 0.2) is 0 Å². The highest BCUT2D eigenvalue weighted by atomic mass is 16.5. The largest absolute Gasteiger partial charge is 0.468 e. The summed E-state index contributed by atoms with van der Waals surface area (Å²) in [5.41, 5.74) is 2.20. The van der Waals surface area contributed by atoms with Gasteiger partial charge in [-0.3, -0.25) is 14.4 Å². The Labute approximate surface area is 88.6 Å². The van der Waals surface area contributed by atoms with Gasteiger partial charge in [0.2, 0.25) is 0 Å². The van der Waals surface area contributed by atoms with E-state index in [-0.39, 0.29) is 5.97 Å². The van der Waals surface area contributed by atoms with E-state index in [1.807, 2.05) is 11.6 Å². The second kappa shape index (κ2) is 4.02. The van der Waals surface area contributed by atoms with E-state index in [1.54, 1.807) is 0 Å². The Morgan fingerprint density at radius 3 is 3.13 bits per heavy atom. The van der Waals surface area contributed by atoms with Crippen molar-refractivity contribution in [3.63, 3.8) is 0 Å². The molecule has 0 fully saturated rings. The Hall–Kier alpha value is -1.36. The van der Waals surface area contributed by atoms with Crippen LogP contribution in [0.4, 0.5) is 0 Å². The minimum atomic E-state index is -0.181. The highest BCUT2D eigenvalue weighted by molar-refractivity contribution is 5.71. The van der Waals surface area contributed by atoms with Crippen molar-refractivity contribution in [2.24, 2.45) is 0 Å². The fourth-order valence-corrected chi connectivity index (χ4v) is 1.85. The van der Waals surface area contributed by atoms with Gasteiger partial charge in [-0.1, -0.05) is 0 Å². The Kier molecular flexibility index (Phi) is 2.73. The van der Waals surface area contributed by atoms with Gasteiger partial charge in [-0.25, -0.2) is 0 Å². The maximum absolute atomic E-state index is 11.1. The summed E-state index contributed by atoms with van der Waals surface area (Å²) in [6.45, 7) is 4.82. The highest BCUT2D eigenvalue weighted by Gasteiger charge is 2.19. The molecule has 2 rings (SSSR count).